The lowest BCUT2D eigenvalue weighted by molar-refractivity contribution is -0.151. The van der Waals surface area contributed by atoms with E-state index in [1.807, 2.05) is 0 Å². The number of rotatable bonds is 44. The first-order valence-electron chi connectivity index (χ1n) is 25.2. The van der Waals surface area contributed by atoms with E-state index in [4.69, 9.17) is 4.74 Å². The Kier molecular flexibility index (Phi) is 45.2. The molecule has 0 aromatic carbocycles. The Morgan fingerprint density at radius 2 is 0.983 bits per heavy atom. The maximum Gasteiger partial charge on any atom is 0.306 e. The summed E-state index contributed by atoms with van der Waals surface area (Å²) < 4.78 is 5.92. The van der Waals surface area contributed by atoms with Crippen molar-refractivity contribution in [2.45, 2.75) is 251 Å². The molecule has 60 heavy (non-hydrogen) atoms. The summed E-state index contributed by atoms with van der Waals surface area (Å²) in [5, 5.41) is 23.7. The molecule has 3 N–H and O–H groups in total. The van der Waals surface area contributed by atoms with E-state index in [0.717, 1.165) is 103 Å². The van der Waals surface area contributed by atoms with Gasteiger partial charge in [0.1, 0.15) is 6.10 Å². The Bertz CT molecular complexity index is 1120. The molecule has 0 aromatic rings. The molecule has 0 spiro atoms. The van der Waals surface area contributed by atoms with Gasteiger partial charge in [0.15, 0.2) is 0 Å². The van der Waals surface area contributed by atoms with Gasteiger partial charge in [0.05, 0.1) is 25.2 Å². The number of amides is 1. The molecule has 0 rings (SSSR count). The zero-order valence-corrected chi connectivity index (χ0v) is 39.3. The lowest BCUT2D eigenvalue weighted by atomic mass is 10.0. The molecule has 0 fully saturated rings. The first kappa shape index (κ1) is 57.3. The van der Waals surface area contributed by atoms with Crippen LogP contribution in [-0.4, -0.2) is 46.9 Å². The molecule has 1 amide bonds. The lowest BCUT2D eigenvalue weighted by Gasteiger charge is -2.24. The molecule has 0 saturated heterocycles. The van der Waals surface area contributed by atoms with Crippen LogP contribution >= 0.6 is 0 Å². The first-order valence-corrected chi connectivity index (χ1v) is 25.2. The topological polar surface area (TPSA) is 95.9 Å². The van der Waals surface area contributed by atoms with E-state index in [-0.39, 0.29) is 24.9 Å². The first-order chi connectivity index (χ1) is 29.5. The summed E-state index contributed by atoms with van der Waals surface area (Å²) in [4.78, 5) is 26.1. The Morgan fingerprint density at radius 3 is 1.55 bits per heavy atom. The minimum absolute atomic E-state index is 0.0550. The normalized spacial score (nSPS) is 13.9. The van der Waals surface area contributed by atoms with Crippen LogP contribution < -0.4 is 5.32 Å². The molecule has 0 aliphatic carbocycles. The monoisotopic (exact) mass is 838 g/mol. The minimum Gasteiger partial charge on any atom is -0.462 e. The molecule has 6 heteroatoms. The number of aliphatic hydroxyl groups excluding tert-OH is 2. The average Bonchev–Trinajstić information content (AvgIpc) is 3.24. The fourth-order valence-electron chi connectivity index (χ4n) is 7.33. The molecule has 3 atom stereocenters. The van der Waals surface area contributed by atoms with Crippen LogP contribution in [-0.2, 0) is 14.3 Å². The maximum absolute atomic E-state index is 13.2. The Morgan fingerprint density at radius 1 is 0.517 bits per heavy atom. The number of ether oxygens (including phenoxy) is 1. The van der Waals surface area contributed by atoms with E-state index in [9.17, 15) is 19.8 Å². The van der Waals surface area contributed by atoms with Crippen LogP contribution in [0.1, 0.15) is 233 Å². The second-order valence-corrected chi connectivity index (χ2v) is 16.9. The van der Waals surface area contributed by atoms with E-state index < -0.39 is 18.2 Å². The van der Waals surface area contributed by atoms with Crippen LogP contribution in [0.15, 0.2) is 72.9 Å². The molecule has 0 heterocycles. The van der Waals surface area contributed by atoms with Gasteiger partial charge in [0, 0.05) is 6.42 Å². The van der Waals surface area contributed by atoms with Crippen molar-refractivity contribution in [2.24, 2.45) is 0 Å². The fraction of sp³-hybridized carbons (Fsp3) is 0.741. The van der Waals surface area contributed by atoms with Gasteiger partial charge in [0.25, 0.3) is 0 Å². The average molecular weight is 838 g/mol. The highest BCUT2D eigenvalue weighted by Gasteiger charge is 2.24. The molecule has 0 aromatic heterocycles. The number of allylic oxidation sites excluding steroid dienone is 12. The molecule has 346 valence electrons. The Labute approximate surface area is 371 Å². The van der Waals surface area contributed by atoms with Crippen molar-refractivity contribution in [2.75, 3.05) is 6.61 Å². The minimum atomic E-state index is -0.798. The molecule has 6 nitrogen and oxygen atoms in total. The summed E-state index contributed by atoms with van der Waals surface area (Å²) in [6.07, 6.45) is 59.6. The molecule has 0 bridgehead atoms. The summed E-state index contributed by atoms with van der Waals surface area (Å²) >= 11 is 0. The van der Waals surface area contributed by atoms with Crippen molar-refractivity contribution < 1.29 is 24.5 Å². The highest BCUT2D eigenvalue weighted by atomic mass is 16.5. The number of nitrogens with one attached hydrogen (secondary N) is 1. The van der Waals surface area contributed by atoms with Crippen LogP contribution in [0.4, 0.5) is 0 Å². The number of carbonyl (C=O) groups excluding carboxylic acids is 2. The number of aliphatic hydroxyl groups is 2. The highest BCUT2D eigenvalue weighted by molar-refractivity contribution is 5.77. The van der Waals surface area contributed by atoms with Gasteiger partial charge in [-0.1, -0.05) is 216 Å². The van der Waals surface area contributed by atoms with Crippen LogP contribution in [0.3, 0.4) is 0 Å². The van der Waals surface area contributed by atoms with Crippen molar-refractivity contribution in [3.05, 3.63) is 72.9 Å². The largest absolute Gasteiger partial charge is 0.462 e. The van der Waals surface area contributed by atoms with Crippen LogP contribution in [0, 0.1) is 0 Å². The van der Waals surface area contributed by atoms with Crippen LogP contribution in [0.2, 0.25) is 0 Å². The molecular weight excluding hydrogens is 743 g/mol. The number of hydrogen-bond donors (Lipinski definition) is 3. The van der Waals surface area contributed by atoms with E-state index >= 15 is 0 Å². The second-order valence-electron chi connectivity index (χ2n) is 16.9. The van der Waals surface area contributed by atoms with Crippen LogP contribution in [0.5, 0.6) is 0 Å². The van der Waals surface area contributed by atoms with Crippen molar-refractivity contribution in [1.82, 2.24) is 5.32 Å². The summed E-state index contributed by atoms with van der Waals surface area (Å²) in [6, 6.07) is -0.713. The van der Waals surface area contributed by atoms with E-state index in [0.29, 0.717) is 19.3 Å². The van der Waals surface area contributed by atoms with Gasteiger partial charge in [-0.15, -0.1) is 0 Å². The van der Waals surface area contributed by atoms with Crippen molar-refractivity contribution >= 4 is 11.9 Å². The van der Waals surface area contributed by atoms with Crippen molar-refractivity contribution in [1.29, 1.82) is 0 Å². The maximum atomic E-state index is 13.2. The number of esters is 1. The highest BCUT2D eigenvalue weighted by Crippen LogP contribution is 2.17. The molecule has 0 saturated carbocycles. The van der Waals surface area contributed by atoms with Crippen LogP contribution in [0.25, 0.3) is 0 Å². The predicted octanol–water partition coefficient (Wildman–Crippen LogP) is 15.0. The third-order valence-electron chi connectivity index (χ3n) is 11.1. The zero-order valence-electron chi connectivity index (χ0n) is 39.3. The zero-order chi connectivity index (χ0) is 43.8. The lowest BCUT2D eigenvalue weighted by Crippen LogP contribution is -2.46. The fourth-order valence-corrected chi connectivity index (χ4v) is 7.33. The number of unbranched alkanes of at least 4 members (excludes halogenated alkanes) is 22. The predicted molar refractivity (Wildman–Crippen MR) is 259 cm³/mol. The number of hydrogen-bond acceptors (Lipinski definition) is 5. The molecule has 0 radical (unpaired) electrons. The van der Waals surface area contributed by atoms with E-state index in [1.54, 1.807) is 0 Å². The van der Waals surface area contributed by atoms with Crippen molar-refractivity contribution in [3.8, 4) is 0 Å². The smallest absolute Gasteiger partial charge is 0.306 e. The van der Waals surface area contributed by atoms with Gasteiger partial charge in [-0.05, 0) is 77.0 Å². The van der Waals surface area contributed by atoms with Gasteiger partial charge in [-0.2, -0.15) is 0 Å². The van der Waals surface area contributed by atoms with Gasteiger partial charge in [-0.3, -0.25) is 9.59 Å². The summed E-state index contributed by atoms with van der Waals surface area (Å²) in [7, 11) is 0. The standard InChI is InChI=1S/C54H95NO5/c1-4-7-10-13-16-19-22-25-27-29-32-35-38-41-44-47-54(59)60-50(45-42-39-36-33-30-28-26-23-20-17-14-11-8-5-2)48-53(58)55-51(49-56)52(57)46-43-40-37-34-31-24-21-18-15-12-9-6-3/h7-8,10-11,13,16-17,19-20,22,26,28,50-52,56-57H,4-6,9,12,14-15,18,21,23-25,27,29-49H2,1-3H3,(H,55,58)/b10-7+,11-8+,16-13+,20-17+,22-19+,28-26+. The van der Waals surface area contributed by atoms with Gasteiger partial charge in [0.2, 0.25) is 5.91 Å². The van der Waals surface area contributed by atoms with E-state index in [1.165, 1.54) is 83.5 Å². The SMILES string of the molecule is CC/C=C/C=C/C=C/CCCCCCCCCC(=O)OC(CCCCCC/C=C/C/C=C/C/C=C/CC)CC(=O)NC(CO)C(O)CCCCCCCCCCCCCC. The quantitative estimate of drug-likeness (QED) is 0.0246. The summed E-state index contributed by atoms with van der Waals surface area (Å²) in [5.41, 5.74) is 0. The van der Waals surface area contributed by atoms with Gasteiger partial charge in [-0.25, -0.2) is 0 Å². The molecule has 3 unspecified atom stereocenters. The number of carbonyl (C=O) groups is 2. The third kappa shape index (κ3) is 42.0. The van der Waals surface area contributed by atoms with Gasteiger partial charge < -0.3 is 20.3 Å². The Hall–Kier alpha value is -2.70. The summed E-state index contributed by atoms with van der Waals surface area (Å²) in [6.45, 7) is 6.23. The second kappa shape index (κ2) is 47.4. The third-order valence-corrected chi connectivity index (χ3v) is 11.1. The molecular formula is C54H95NO5. The molecule has 0 aliphatic heterocycles. The summed E-state index contributed by atoms with van der Waals surface area (Å²) in [5.74, 6) is -0.512. The van der Waals surface area contributed by atoms with Crippen molar-refractivity contribution in [3.63, 3.8) is 0 Å². The van der Waals surface area contributed by atoms with E-state index in [2.05, 4.69) is 99.0 Å². The van der Waals surface area contributed by atoms with Gasteiger partial charge >= 0.3 is 5.97 Å². The Balaban J connectivity index is 4.65. The molecule has 0 aliphatic rings.